The SMILES string of the molecule is CN(C)c1ccc(/C=C/c2sc(-c3sc(C=C(C#N)C#N)c4c3OCCO4)c3c2OCCO3)cc1. The van der Waals surface area contributed by atoms with Crippen molar-refractivity contribution in [3.63, 3.8) is 0 Å². The lowest BCUT2D eigenvalue weighted by atomic mass is 10.1. The van der Waals surface area contributed by atoms with Gasteiger partial charge in [-0.2, -0.15) is 10.5 Å². The van der Waals surface area contributed by atoms with Crippen molar-refractivity contribution in [2.24, 2.45) is 0 Å². The number of fused-ring (bicyclic) bond motifs is 2. The van der Waals surface area contributed by atoms with E-state index in [2.05, 4.69) is 35.2 Å². The van der Waals surface area contributed by atoms with Crippen LogP contribution in [0.5, 0.6) is 23.0 Å². The molecule has 35 heavy (non-hydrogen) atoms. The normalized spacial score (nSPS) is 13.7. The topological polar surface area (TPSA) is 87.7 Å². The van der Waals surface area contributed by atoms with Gasteiger partial charge in [-0.15, -0.1) is 22.7 Å². The van der Waals surface area contributed by atoms with Crippen LogP contribution in [0.2, 0.25) is 0 Å². The molecule has 0 N–H and O–H groups in total. The summed E-state index contributed by atoms with van der Waals surface area (Å²) in [6, 6.07) is 12.1. The highest BCUT2D eigenvalue weighted by molar-refractivity contribution is 7.24. The Kier molecular flexibility index (Phi) is 6.37. The van der Waals surface area contributed by atoms with Crippen LogP contribution >= 0.6 is 22.7 Å². The van der Waals surface area contributed by atoms with Crippen LogP contribution in [0.15, 0.2) is 29.8 Å². The highest BCUT2D eigenvalue weighted by Gasteiger charge is 2.31. The molecule has 2 aliphatic heterocycles. The summed E-state index contributed by atoms with van der Waals surface area (Å²) < 4.78 is 23.9. The molecule has 0 unspecified atom stereocenters. The summed E-state index contributed by atoms with van der Waals surface area (Å²) in [5.41, 5.74) is 2.22. The fourth-order valence-corrected chi connectivity index (χ4v) is 6.08. The summed E-state index contributed by atoms with van der Waals surface area (Å²) in [5, 5.41) is 18.4. The van der Waals surface area contributed by atoms with E-state index in [4.69, 9.17) is 18.9 Å². The van der Waals surface area contributed by atoms with Gasteiger partial charge >= 0.3 is 0 Å². The van der Waals surface area contributed by atoms with Crippen LogP contribution in [0, 0.1) is 22.7 Å². The average Bonchev–Trinajstić information content (AvgIpc) is 3.44. The minimum atomic E-state index is 0.00599. The fraction of sp³-hybridized carbons (Fsp3) is 0.231. The molecule has 4 heterocycles. The van der Waals surface area contributed by atoms with Crippen molar-refractivity contribution in [3.8, 4) is 44.9 Å². The van der Waals surface area contributed by atoms with Crippen molar-refractivity contribution in [2.45, 2.75) is 0 Å². The van der Waals surface area contributed by atoms with E-state index in [1.165, 1.54) is 17.4 Å². The lowest BCUT2D eigenvalue weighted by Gasteiger charge is -2.18. The van der Waals surface area contributed by atoms with Gasteiger partial charge < -0.3 is 23.8 Å². The number of nitrogens with zero attached hydrogens (tertiary/aromatic N) is 3. The van der Waals surface area contributed by atoms with Crippen LogP contribution in [0.25, 0.3) is 28.0 Å². The van der Waals surface area contributed by atoms with Crippen LogP contribution in [-0.4, -0.2) is 40.5 Å². The van der Waals surface area contributed by atoms with Gasteiger partial charge in [0.05, 0.1) is 19.5 Å². The molecule has 7 nitrogen and oxygen atoms in total. The molecule has 2 aromatic heterocycles. The smallest absolute Gasteiger partial charge is 0.181 e. The predicted octanol–water partition coefficient (Wildman–Crippen LogP) is 5.69. The second-order valence-electron chi connectivity index (χ2n) is 7.90. The van der Waals surface area contributed by atoms with Gasteiger partial charge in [-0.1, -0.05) is 18.2 Å². The van der Waals surface area contributed by atoms with Crippen LogP contribution < -0.4 is 23.8 Å². The molecule has 0 radical (unpaired) electrons. The third kappa shape index (κ3) is 4.44. The van der Waals surface area contributed by atoms with Gasteiger partial charge in [0.1, 0.15) is 44.1 Å². The molecule has 0 aliphatic carbocycles. The van der Waals surface area contributed by atoms with Crippen LogP contribution in [0.3, 0.4) is 0 Å². The summed E-state index contributed by atoms with van der Waals surface area (Å²) in [5.74, 6) is 2.55. The van der Waals surface area contributed by atoms with Crippen molar-refractivity contribution in [3.05, 3.63) is 45.2 Å². The van der Waals surface area contributed by atoms with Crippen molar-refractivity contribution < 1.29 is 18.9 Å². The molecule has 0 spiro atoms. The maximum atomic E-state index is 9.22. The molecule has 1 aromatic carbocycles. The zero-order valence-electron chi connectivity index (χ0n) is 19.2. The maximum Gasteiger partial charge on any atom is 0.181 e. The summed E-state index contributed by atoms with van der Waals surface area (Å²) in [6.07, 6.45) is 5.63. The standard InChI is InChI=1S/C26H21N3O4S2/c1-29(2)18-6-3-16(4-7-18)5-8-19-21-23(32-11-9-30-21)25(34-19)26-24-22(31-10-12-33-24)20(35-26)13-17(14-27)15-28/h3-8,13H,9-12H2,1-2H3/b8-5+. The number of nitriles is 2. The molecule has 9 heteroatoms. The van der Waals surface area contributed by atoms with Gasteiger partial charge in [0.15, 0.2) is 23.0 Å². The molecular weight excluding hydrogens is 482 g/mol. The Morgan fingerprint density at radius 1 is 0.771 bits per heavy atom. The van der Waals surface area contributed by atoms with Gasteiger partial charge in [0.25, 0.3) is 0 Å². The van der Waals surface area contributed by atoms with Crippen molar-refractivity contribution >= 4 is 46.6 Å². The van der Waals surface area contributed by atoms with Crippen LogP contribution in [0.1, 0.15) is 15.3 Å². The predicted molar refractivity (Wildman–Crippen MR) is 139 cm³/mol. The molecule has 0 fully saturated rings. The number of benzene rings is 1. The number of thiophene rings is 2. The first-order chi connectivity index (χ1) is 17.1. The second-order valence-corrected chi connectivity index (χ2v) is 10.0. The van der Waals surface area contributed by atoms with E-state index in [9.17, 15) is 10.5 Å². The number of rotatable bonds is 5. The lowest BCUT2D eigenvalue weighted by molar-refractivity contribution is 0.171. The number of hydrogen-bond donors (Lipinski definition) is 0. The van der Waals surface area contributed by atoms with E-state index in [0.717, 1.165) is 25.9 Å². The monoisotopic (exact) mass is 503 g/mol. The first kappa shape index (κ1) is 22.9. The zero-order valence-corrected chi connectivity index (χ0v) is 20.8. The third-order valence-corrected chi connectivity index (χ3v) is 7.79. The molecule has 3 aromatic rings. The van der Waals surface area contributed by atoms with Crippen LogP contribution in [-0.2, 0) is 0 Å². The minimum Gasteiger partial charge on any atom is -0.485 e. The summed E-state index contributed by atoms with van der Waals surface area (Å²) in [7, 11) is 4.03. The lowest BCUT2D eigenvalue weighted by Crippen LogP contribution is -2.15. The molecule has 0 atom stereocenters. The zero-order chi connectivity index (χ0) is 24.4. The second kappa shape index (κ2) is 9.75. The van der Waals surface area contributed by atoms with Crippen LogP contribution in [0.4, 0.5) is 5.69 Å². The Hall–Kier alpha value is -3.92. The number of ether oxygens (including phenoxy) is 4. The summed E-state index contributed by atoms with van der Waals surface area (Å²) in [4.78, 5) is 5.39. The number of allylic oxidation sites excluding steroid dienone is 1. The molecule has 0 saturated carbocycles. The molecule has 0 bridgehead atoms. The number of anilines is 1. The van der Waals surface area contributed by atoms with Gasteiger partial charge in [0.2, 0.25) is 0 Å². The Labute approximate surface area is 211 Å². The largest absolute Gasteiger partial charge is 0.485 e. The van der Waals surface area contributed by atoms with Gasteiger partial charge in [0, 0.05) is 19.8 Å². The van der Waals surface area contributed by atoms with Crippen molar-refractivity contribution in [2.75, 3.05) is 45.4 Å². The minimum absolute atomic E-state index is 0.00599. The molecule has 2 aliphatic rings. The molecule has 0 amide bonds. The molecular formula is C26H21N3O4S2. The Morgan fingerprint density at radius 3 is 1.83 bits per heavy atom. The molecule has 176 valence electrons. The highest BCUT2D eigenvalue weighted by atomic mass is 32.1. The molecule has 5 rings (SSSR count). The summed E-state index contributed by atoms with van der Waals surface area (Å²) >= 11 is 2.96. The van der Waals surface area contributed by atoms with E-state index in [1.54, 1.807) is 11.3 Å². The van der Waals surface area contributed by atoms with E-state index in [-0.39, 0.29) is 5.57 Å². The highest BCUT2D eigenvalue weighted by Crippen LogP contribution is 2.58. The van der Waals surface area contributed by atoms with E-state index in [1.807, 2.05) is 32.3 Å². The molecule has 0 saturated heterocycles. The Balaban J connectivity index is 1.57. The van der Waals surface area contributed by atoms with Gasteiger partial charge in [-0.05, 0) is 29.8 Å². The van der Waals surface area contributed by atoms with E-state index in [0.29, 0.717) is 54.3 Å². The van der Waals surface area contributed by atoms with Gasteiger partial charge in [-0.3, -0.25) is 0 Å². The number of hydrogen-bond acceptors (Lipinski definition) is 9. The first-order valence-corrected chi connectivity index (χ1v) is 12.5. The Morgan fingerprint density at radius 2 is 1.29 bits per heavy atom. The first-order valence-electron chi connectivity index (χ1n) is 10.9. The van der Waals surface area contributed by atoms with Crippen molar-refractivity contribution in [1.82, 2.24) is 0 Å². The third-order valence-electron chi connectivity index (χ3n) is 5.41. The van der Waals surface area contributed by atoms with E-state index < -0.39 is 0 Å². The van der Waals surface area contributed by atoms with Gasteiger partial charge in [-0.25, -0.2) is 0 Å². The van der Waals surface area contributed by atoms with Crippen molar-refractivity contribution in [1.29, 1.82) is 10.5 Å². The Bertz CT molecular complexity index is 1390. The average molecular weight is 504 g/mol. The van der Waals surface area contributed by atoms with E-state index >= 15 is 0 Å². The fourth-order valence-electron chi connectivity index (χ4n) is 3.73. The maximum absolute atomic E-state index is 9.22. The summed E-state index contributed by atoms with van der Waals surface area (Å²) in [6.45, 7) is 1.76. The quantitative estimate of drug-likeness (QED) is 0.414.